The van der Waals surface area contributed by atoms with Crippen molar-refractivity contribution in [3.63, 3.8) is 0 Å². The third-order valence-electron chi connectivity index (χ3n) is 4.55. The molecule has 144 valence electrons. The van der Waals surface area contributed by atoms with Crippen molar-refractivity contribution in [2.45, 2.75) is 13.0 Å². The highest BCUT2D eigenvalue weighted by Crippen LogP contribution is 2.32. The van der Waals surface area contributed by atoms with Crippen molar-refractivity contribution in [3.05, 3.63) is 77.2 Å². The molecule has 6 nitrogen and oxygen atoms in total. The summed E-state index contributed by atoms with van der Waals surface area (Å²) < 4.78 is 13.5. The number of H-pyrrole nitrogens is 1. The van der Waals surface area contributed by atoms with E-state index < -0.39 is 5.82 Å². The topological polar surface area (TPSA) is 89.4 Å². The zero-order valence-electron chi connectivity index (χ0n) is 15.4. The van der Waals surface area contributed by atoms with Gasteiger partial charge in [0.2, 0.25) is 0 Å². The van der Waals surface area contributed by atoms with Crippen molar-refractivity contribution >= 4 is 39.6 Å². The first-order valence-corrected chi connectivity index (χ1v) is 9.22. The number of aromatic amines is 1. The number of nitrogens with one attached hydrogen (secondary N) is 3. The van der Waals surface area contributed by atoms with Crippen molar-refractivity contribution in [2.24, 2.45) is 0 Å². The monoisotopic (exact) mass is 406 g/mol. The number of imidazole rings is 1. The smallest absolute Gasteiger partial charge is 0.141 e. The van der Waals surface area contributed by atoms with Crippen LogP contribution in [-0.4, -0.2) is 15.0 Å². The number of hydrogen-bond donors (Lipinski definition) is 3. The zero-order valence-corrected chi connectivity index (χ0v) is 16.1. The molecule has 0 aliphatic heterocycles. The Balaban J connectivity index is 1.75. The predicted molar refractivity (Wildman–Crippen MR) is 112 cm³/mol. The summed E-state index contributed by atoms with van der Waals surface area (Å²) in [5, 5.41) is 16.9. The van der Waals surface area contributed by atoms with E-state index >= 15 is 0 Å². The van der Waals surface area contributed by atoms with Crippen LogP contribution in [0.3, 0.4) is 0 Å². The minimum Gasteiger partial charge on any atom is -0.377 e. The molecule has 0 aliphatic rings. The fraction of sp³-hybridized carbons (Fsp3) is 0.0952. The number of hydrogen-bond acceptors (Lipinski definition) is 5. The summed E-state index contributed by atoms with van der Waals surface area (Å²) in [7, 11) is 0. The van der Waals surface area contributed by atoms with Gasteiger partial charge in [-0.2, -0.15) is 5.26 Å². The van der Waals surface area contributed by atoms with Crippen molar-refractivity contribution in [3.8, 4) is 6.07 Å². The molecule has 0 amide bonds. The Labute approximate surface area is 171 Å². The minimum atomic E-state index is -0.503. The number of nitrogens with zero attached hydrogens (tertiary/aromatic N) is 3. The highest BCUT2D eigenvalue weighted by Gasteiger charge is 2.13. The van der Waals surface area contributed by atoms with E-state index in [0.717, 1.165) is 22.3 Å². The van der Waals surface area contributed by atoms with Gasteiger partial charge in [0.25, 0.3) is 0 Å². The number of anilines is 3. The standard InChI is InChI=1S/C21H16ClFN6/c1-12(20-10-25-11-27-20)28-14-3-5-19-16(6-14)21(13(8-24)9-26-19)29-15-2-4-18(23)17(22)7-15/h2-7,9-12,28H,1H3,(H,25,27)(H,26,29). The van der Waals surface area contributed by atoms with Crippen LogP contribution in [0, 0.1) is 17.1 Å². The van der Waals surface area contributed by atoms with Crippen LogP contribution in [0.25, 0.3) is 10.9 Å². The van der Waals surface area contributed by atoms with E-state index in [1.165, 1.54) is 18.3 Å². The lowest BCUT2D eigenvalue weighted by atomic mass is 10.1. The molecule has 1 atom stereocenters. The average molecular weight is 407 g/mol. The van der Waals surface area contributed by atoms with Gasteiger partial charge in [-0.05, 0) is 43.3 Å². The summed E-state index contributed by atoms with van der Waals surface area (Å²) in [6.07, 6.45) is 4.91. The Morgan fingerprint density at radius 3 is 2.72 bits per heavy atom. The van der Waals surface area contributed by atoms with E-state index in [4.69, 9.17) is 11.6 Å². The summed E-state index contributed by atoms with van der Waals surface area (Å²) in [5.41, 5.74) is 4.06. The van der Waals surface area contributed by atoms with Crippen molar-refractivity contribution < 1.29 is 4.39 Å². The van der Waals surface area contributed by atoms with E-state index in [-0.39, 0.29) is 11.1 Å². The van der Waals surface area contributed by atoms with Crippen LogP contribution >= 0.6 is 11.6 Å². The molecule has 8 heteroatoms. The molecule has 2 aromatic carbocycles. The van der Waals surface area contributed by atoms with Crippen LogP contribution in [0.2, 0.25) is 5.02 Å². The highest BCUT2D eigenvalue weighted by molar-refractivity contribution is 6.31. The van der Waals surface area contributed by atoms with Gasteiger partial charge in [0.15, 0.2) is 0 Å². The van der Waals surface area contributed by atoms with Gasteiger partial charge < -0.3 is 15.6 Å². The summed E-state index contributed by atoms with van der Waals surface area (Å²) in [5.74, 6) is -0.503. The van der Waals surface area contributed by atoms with Crippen LogP contribution in [0.4, 0.5) is 21.5 Å². The number of pyridine rings is 1. The molecular formula is C21H16ClFN6. The Morgan fingerprint density at radius 1 is 1.17 bits per heavy atom. The van der Waals surface area contributed by atoms with Crippen LogP contribution in [-0.2, 0) is 0 Å². The third-order valence-corrected chi connectivity index (χ3v) is 4.84. The number of rotatable bonds is 5. The summed E-state index contributed by atoms with van der Waals surface area (Å²) in [6, 6.07) is 12.2. The molecule has 0 saturated carbocycles. The van der Waals surface area contributed by atoms with Gasteiger partial charge in [-0.1, -0.05) is 11.6 Å². The molecule has 0 fully saturated rings. The highest BCUT2D eigenvalue weighted by atomic mass is 35.5. The van der Waals surface area contributed by atoms with Crippen molar-refractivity contribution in [1.29, 1.82) is 5.26 Å². The van der Waals surface area contributed by atoms with Crippen LogP contribution in [0.1, 0.15) is 24.2 Å². The second kappa shape index (κ2) is 7.78. The molecule has 0 bridgehead atoms. The average Bonchev–Trinajstić information content (AvgIpc) is 3.26. The summed E-state index contributed by atoms with van der Waals surface area (Å²) in [6.45, 7) is 2.02. The number of aromatic nitrogens is 3. The lowest BCUT2D eigenvalue weighted by molar-refractivity contribution is 0.628. The maximum Gasteiger partial charge on any atom is 0.141 e. The van der Waals surface area contributed by atoms with Gasteiger partial charge in [0.05, 0.1) is 39.9 Å². The van der Waals surface area contributed by atoms with E-state index in [0.29, 0.717) is 16.9 Å². The zero-order chi connectivity index (χ0) is 20.4. The first-order valence-electron chi connectivity index (χ1n) is 8.85. The van der Waals surface area contributed by atoms with E-state index in [9.17, 15) is 9.65 Å². The van der Waals surface area contributed by atoms with E-state index in [1.54, 1.807) is 18.6 Å². The van der Waals surface area contributed by atoms with Gasteiger partial charge in [0.1, 0.15) is 11.9 Å². The van der Waals surface area contributed by atoms with Gasteiger partial charge in [-0.15, -0.1) is 0 Å². The lowest BCUT2D eigenvalue weighted by Gasteiger charge is -2.16. The van der Waals surface area contributed by atoms with Crippen molar-refractivity contribution in [2.75, 3.05) is 10.6 Å². The predicted octanol–water partition coefficient (Wildman–Crippen LogP) is 5.54. The van der Waals surface area contributed by atoms with Gasteiger partial charge in [0, 0.05) is 29.2 Å². The molecule has 4 aromatic rings. The largest absolute Gasteiger partial charge is 0.377 e. The molecule has 0 aliphatic carbocycles. The fourth-order valence-electron chi connectivity index (χ4n) is 3.05. The molecule has 0 spiro atoms. The number of fused-ring (bicyclic) bond motifs is 1. The van der Waals surface area contributed by atoms with Crippen molar-refractivity contribution in [1.82, 2.24) is 15.0 Å². The first-order chi connectivity index (χ1) is 14.0. The number of benzene rings is 2. The van der Waals surface area contributed by atoms with E-state index in [1.807, 2.05) is 25.1 Å². The molecule has 0 radical (unpaired) electrons. The van der Waals surface area contributed by atoms with E-state index in [2.05, 4.69) is 31.7 Å². The molecule has 2 heterocycles. The van der Waals surface area contributed by atoms with Crippen LogP contribution in [0.15, 0.2) is 55.1 Å². The Morgan fingerprint density at radius 2 is 2.00 bits per heavy atom. The summed E-state index contributed by atoms with van der Waals surface area (Å²) >= 11 is 5.89. The van der Waals surface area contributed by atoms with Crippen LogP contribution in [0.5, 0.6) is 0 Å². The van der Waals surface area contributed by atoms with Crippen LogP contribution < -0.4 is 10.6 Å². The molecule has 1 unspecified atom stereocenters. The lowest BCUT2D eigenvalue weighted by Crippen LogP contribution is -2.07. The second-order valence-corrected chi connectivity index (χ2v) is 6.92. The molecule has 29 heavy (non-hydrogen) atoms. The molecule has 4 rings (SSSR count). The Bertz CT molecular complexity index is 1220. The molecule has 3 N–H and O–H groups in total. The molecule has 0 saturated heterocycles. The SMILES string of the molecule is CC(Nc1ccc2ncc(C#N)c(Nc3ccc(F)c(Cl)c3)c2c1)c1cnc[nH]1. The minimum absolute atomic E-state index is 0.00241. The Hall–Kier alpha value is -3.63. The molecule has 2 aromatic heterocycles. The van der Waals surface area contributed by atoms with Gasteiger partial charge in [-0.25, -0.2) is 9.37 Å². The number of nitriles is 1. The van der Waals surface area contributed by atoms with Gasteiger partial charge >= 0.3 is 0 Å². The Kier molecular flexibility index (Phi) is 5.02. The third kappa shape index (κ3) is 3.84. The quantitative estimate of drug-likeness (QED) is 0.405. The fourth-order valence-corrected chi connectivity index (χ4v) is 3.23. The molecular weight excluding hydrogens is 391 g/mol. The first kappa shape index (κ1) is 18.7. The summed E-state index contributed by atoms with van der Waals surface area (Å²) in [4.78, 5) is 11.5. The maximum atomic E-state index is 13.5. The number of halogens is 2. The second-order valence-electron chi connectivity index (χ2n) is 6.52. The van der Waals surface area contributed by atoms with Gasteiger partial charge in [-0.3, -0.25) is 4.98 Å². The maximum absolute atomic E-state index is 13.5. The normalized spacial score (nSPS) is 11.8.